The molecule has 0 unspecified atom stereocenters. The van der Waals surface area contributed by atoms with E-state index in [1.165, 1.54) is 18.2 Å². The molecule has 2 fully saturated rings. The zero-order valence-corrected chi connectivity index (χ0v) is 19.4. The number of halogens is 1. The lowest BCUT2D eigenvalue weighted by Gasteiger charge is -2.25. The van der Waals surface area contributed by atoms with Gasteiger partial charge in [0.2, 0.25) is 10.0 Å². The van der Waals surface area contributed by atoms with Crippen molar-refractivity contribution in [2.75, 3.05) is 36.5 Å². The Balaban J connectivity index is 1.35. The Hall–Kier alpha value is -2.24. The standard InChI is InChI=1S/C21H21ClN4O4S2/c22-16-5-1-13(11-19(16)32(28,29)25-14-2-3-14)20(27)23-15-4-6-17-18(12-15)31-21(24-17)26-7-9-30-10-8-26/h1,4-6,11-12,14,25H,2-3,7-10H2,(H,23,27). The van der Waals surface area contributed by atoms with Gasteiger partial charge in [0, 0.05) is 30.4 Å². The quantitative estimate of drug-likeness (QED) is 0.546. The number of carbonyl (C=O) groups excluding carboxylic acids is 1. The number of aromatic nitrogens is 1. The van der Waals surface area contributed by atoms with Crippen LogP contribution in [-0.2, 0) is 14.8 Å². The van der Waals surface area contributed by atoms with E-state index in [9.17, 15) is 13.2 Å². The summed E-state index contributed by atoms with van der Waals surface area (Å²) in [6.07, 6.45) is 1.62. The van der Waals surface area contributed by atoms with Gasteiger partial charge in [-0.3, -0.25) is 4.79 Å². The fourth-order valence-corrected chi connectivity index (χ4v) is 6.31. The van der Waals surface area contributed by atoms with Gasteiger partial charge in [0.1, 0.15) is 4.90 Å². The molecule has 2 aliphatic rings. The first-order valence-corrected chi connectivity index (χ1v) is 12.9. The topological polar surface area (TPSA) is 101 Å². The van der Waals surface area contributed by atoms with Crippen molar-refractivity contribution in [3.63, 3.8) is 0 Å². The highest BCUT2D eigenvalue weighted by Gasteiger charge is 2.29. The number of ether oxygens (including phenoxy) is 1. The van der Waals surface area contributed by atoms with Crippen molar-refractivity contribution in [3.8, 4) is 0 Å². The molecule has 3 aromatic rings. The lowest BCUT2D eigenvalue weighted by atomic mass is 10.2. The summed E-state index contributed by atoms with van der Waals surface area (Å²) in [7, 11) is -3.78. The molecule has 2 N–H and O–H groups in total. The summed E-state index contributed by atoms with van der Waals surface area (Å²) in [5.74, 6) is -0.415. The van der Waals surface area contributed by atoms with Crippen LogP contribution >= 0.6 is 22.9 Å². The molecule has 0 atom stereocenters. The van der Waals surface area contributed by atoms with E-state index in [1.807, 2.05) is 12.1 Å². The molecule has 1 amide bonds. The van der Waals surface area contributed by atoms with Gasteiger partial charge in [-0.25, -0.2) is 18.1 Å². The summed E-state index contributed by atoms with van der Waals surface area (Å²) < 4.78 is 34.1. The number of nitrogens with zero attached hydrogens (tertiary/aromatic N) is 2. The molecular formula is C21H21ClN4O4S2. The first-order chi connectivity index (χ1) is 15.4. The van der Waals surface area contributed by atoms with Crippen molar-refractivity contribution >= 4 is 59.9 Å². The van der Waals surface area contributed by atoms with Crippen molar-refractivity contribution in [1.82, 2.24) is 9.71 Å². The molecule has 2 aromatic carbocycles. The molecule has 8 nitrogen and oxygen atoms in total. The average molecular weight is 493 g/mol. The zero-order valence-electron chi connectivity index (χ0n) is 17.0. The SMILES string of the molecule is O=C(Nc1ccc2nc(N3CCOCC3)sc2c1)c1ccc(Cl)c(S(=O)(=O)NC2CC2)c1. The number of nitrogens with one attached hydrogen (secondary N) is 2. The van der Waals surface area contributed by atoms with Crippen molar-refractivity contribution in [1.29, 1.82) is 0 Å². The Kier molecular flexibility index (Phi) is 5.81. The van der Waals surface area contributed by atoms with E-state index < -0.39 is 15.9 Å². The van der Waals surface area contributed by atoms with Gasteiger partial charge in [0.25, 0.3) is 5.91 Å². The highest BCUT2D eigenvalue weighted by molar-refractivity contribution is 7.89. The van der Waals surface area contributed by atoms with E-state index >= 15 is 0 Å². The van der Waals surface area contributed by atoms with Crippen LogP contribution < -0.4 is 14.9 Å². The Labute approximate surface area is 194 Å². The number of amides is 1. The summed E-state index contributed by atoms with van der Waals surface area (Å²) >= 11 is 7.68. The smallest absolute Gasteiger partial charge is 0.255 e. The summed E-state index contributed by atoms with van der Waals surface area (Å²) in [6, 6.07) is 9.71. The van der Waals surface area contributed by atoms with Crippen molar-refractivity contribution < 1.29 is 17.9 Å². The van der Waals surface area contributed by atoms with E-state index in [1.54, 1.807) is 17.4 Å². The second kappa shape index (κ2) is 8.60. The first-order valence-electron chi connectivity index (χ1n) is 10.3. The zero-order chi connectivity index (χ0) is 22.3. The van der Waals surface area contributed by atoms with Gasteiger partial charge in [0.15, 0.2) is 5.13 Å². The molecule has 168 valence electrons. The summed E-state index contributed by atoms with van der Waals surface area (Å²) in [5.41, 5.74) is 1.68. The van der Waals surface area contributed by atoms with Gasteiger partial charge in [-0.1, -0.05) is 22.9 Å². The number of morpholine rings is 1. The normalized spacial score (nSPS) is 17.0. The first kappa shape index (κ1) is 21.6. The van der Waals surface area contributed by atoms with Crippen LogP contribution in [0.4, 0.5) is 10.8 Å². The minimum atomic E-state index is -3.78. The number of fused-ring (bicyclic) bond motifs is 1. The van der Waals surface area contributed by atoms with Crippen LogP contribution in [0.1, 0.15) is 23.2 Å². The van der Waals surface area contributed by atoms with Crippen molar-refractivity contribution in [3.05, 3.63) is 47.0 Å². The maximum atomic E-state index is 12.8. The molecule has 1 aliphatic carbocycles. The highest BCUT2D eigenvalue weighted by atomic mass is 35.5. The van der Waals surface area contributed by atoms with E-state index in [-0.39, 0.29) is 21.5 Å². The van der Waals surface area contributed by atoms with Crippen LogP contribution in [0.5, 0.6) is 0 Å². The lowest BCUT2D eigenvalue weighted by molar-refractivity contribution is 0.102. The number of hydrogen-bond donors (Lipinski definition) is 2. The third kappa shape index (κ3) is 4.60. The summed E-state index contributed by atoms with van der Waals surface area (Å²) in [5, 5.41) is 3.85. The third-order valence-corrected chi connectivity index (χ3v) is 8.38. The van der Waals surface area contributed by atoms with Crippen LogP contribution in [0.25, 0.3) is 10.2 Å². The number of rotatable bonds is 6. The lowest BCUT2D eigenvalue weighted by Crippen LogP contribution is -2.36. The van der Waals surface area contributed by atoms with Crippen LogP contribution in [0.2, 0.25) is 5.02 Å². The second-order valence-corrected chi connectivity index (χ2v) is 10.9. The van der Waals surface area contributed by atoms with Gasteiger partial charge in [-0.2, -0.15) is 0 Å². The van der Waals surface area contributed by atoms with E-state index in [2.05, 4.69) is 19.9 Å². The largest absolute Gasteiger partial charge is 0.378 e. The molecule has 1 aromatic heterocycles. The van der Waals surface area contributed by atoms with E-state index in [0.29, 0.717) is 18.9 Å². The number of thiazole rings is 1. The molecule has 1 saturated carbocycles. The molecule has 1 saturated heterocycles. The number of sulfonamides is 1. The van der Waals surface area contributed by atoms with E-state index in [4.69, 9.17) is 16.3 Å². The molecule has 0 spiro atoms. The summed E-state index contributed by atoms with van der Waals surface area (Å²) in [4.78, 5) is 19.6. The predicted octanol–water partition coefficient (Wildman–Crippen LogP) is 3.48. The van der Waals surface area contributed by atoms with Crippen LogP contribution in [-0.4, -0.2) is 51.7 Å². The monoisotopic (exact) mass is 492 g/mol. The summed E-state index contributed by atoms with van der Waals surface area (Å²) in [6.45, 7) is 2.99. The minimum absolute atomic E-state index is 0.0537. The van der Waals surface area contributed by atoms with Crippen LogP contribution in [0.15, 0.2) is 41.3 Å². The van der Waals surface area contributed by atoms with Crippen molar-refractivity contribution in [2.24, 2.45) is 0 Å². The minimum Gasteiger partial charge on any atom is -0.378 e. The fraction of sp³-hybridized carbons (Fsp3) is 0.333. The Bertz CT molecular complexity index is 1280. The molecule has 32 heavy (non-hydrogen) atoms. The molecule has 0 radical (unpaired) electrons. The molecule has 0 bridgehead atoms. The van der Waals surface area contributed by atoms with Gasteiger partial charge < -0.3 is 15.0 Å². The predicted molar refractivity (Wildman–Crippen MR) is 125 cm³/mol. The number of carbonyl (C=O) groups is 1. The molecule has 5 rings (SSSR count). The van der Waals surface area contributed by atoms with Crippen LogP contribution in [0.3, 0.4) is 0 Å². The number of anilines is 2. The number of hydrogen-bond acceptors (Lipinski definition) is 7. The molecule has 2 heterocycles. The Morgan fingerprint density at radius 2 is 1.94 bits per heavy atom. The highest BCUT2D eigenvalue weighted by Crippen LogP contribution is 2.32. The molecule has 1 aliphatic heterocycles. The Morgan fingerprint density at radius 1 is 1.16 bits per heavy atom. The average Bonchev–Trinajstić information content (AvgIpc) is 3.48. The third-order valence-electron chi connectivity index (χ3n) is 5.30. The van der Waals surface area contributed by atoms with Gasteiger partial charge in [0.05, 0.1) is 28.5 Å². The Morgan fingerprint density at radius 3 is 2.69 bits per heavy atom. The maximum absolute atomic E-state index is 12.8. The van der Waals surface area contributed by atoms with E-state index in [0.717, 1.165) is 41.3 Å². The number of benzene rings is 2. The van der Waals surface area contributed by atoms with Crippen molar-refractivity contribution in [2.45, 2.75) is 23.8 Å². The van der Waals surface area contributed by atoms with Crippen LogP contribution in [0, 0.1) is 0 Å². The second-order valence-electron chi connectivity index (χ2n) is 7.77. The fourth-order valence-electron chi connectivity index (χ4n) is 3.42. The molecular weight excluding hydrogens is 472 g/mol. The van der Waals surface area contributed by atoms with Gasteiger partial charge in [-0.15, -0.1) is 0 Å². The maximum Gasteiger partial charge on any atom is 0.255 e. The van der Waals surface area contributed by atoms with Gasteiger partial charge in [-0.05, 0) is 49.2 Å². The molecule has 11 heteroatoms. The van der Waals surface area contributed by atoms with Gasteiger partial charge >= 0.3 is 0 Å².